The third-order valence-corrected chi connectivity index (χ3v) is 4.59. The number of esters is 2. The van der Waals surface area contributed by atoms with Crippen molar-refractivity contribution in [3.8, 4) is 11.5 Å². The highest BCUT2D eigenvalue weighted by molar-refractivity contribution is 5.92. The van der Waals surface area contributed by atoms with Gasteiger partial charge in [0.1, 0.15) is 11.5 Å². The van der Waals surface area contributed by atoms with Crippen LogP contribution in [0.25, 0.3) is 11.1 Å². The van der Waals surface area contributed by atoms with Crippen LogP contribution in [0.3, 0.4) is 0 Å². The molecule has 0 aromatic heterocycles. The Morgan fingerprint density at radius 3 is 1.20 bits per heavy atom. The summed E-state index contributed by atoms with van der Waals surface area (Å²) in [7, 11) is 0. The summed E-state index contributed by atoms with van der Waals surface area (Å²) in [5.74, 6) is 0.110. The molecule has 2 rings (SSSR count). The molecule has 0 aliphatic rings. The zero-order valence-electron chi connectivity index (χ0n) is 18.1. The molecule has 4 heteroatoms. The van der Waals surface area contributed by atoms with Crippen LogP contribution >= 0.6 is 0 Å². The summed E-state index contributed by atoms with van der Waals surface area (Å²) >= 11 is 0. The Morgan fingerprint density at radius 1 is 0.667 bits per heavy atom. The summed E-state index contributed by atoms with van der Waals surface area (Å²) in [5.41, 5.74) is 5.28. The van der Waals surface area contributed by atoms with E-state index in [1.54, 1.807) is 38.1 Å². The van der Waals surface area contributed by atoms with E-state index in [9.17, 15) is 9.59 Å². The lowest BCUT2D eigenvalue weighted by Gasteiger charge is -2.15. The number of benzene rings is 2. The predicted octanol–water partition coefficient (Wildman–Crippen LogP) is 6.38. The Kier molecular flexibility index (Phi) is 7.93. The largest absolute Gasteiger partial charge is 0.423 e. The van der Waals surface area contributed by atoms with Crippen LogP contribution in [0.1, 0.15) is 51.7 Å². The van der Waals surface area contributed by atoms with Gasteiger partial charge in [0.05, 0.1) is 0 Å². The van der Waals surface area contributed by atoms with Crippen molar-refractivity contribution in [1.82, 2.24) is 0 Å². The van der Waals surface area contributed by atoms with Gasteiger partial charge in [-0.3, -0.25) is 0 Å². The van der Waals surface area contributed by atoms with E-state index < -0.39 is 11.9 Å². The molecule has 0 amide bonds. The molecule has 0 aliphatic carbocycles. The number of carbonyl (C=O) groups excluding carboxylic acids is 2. The Balaban J connectivity index is 2.31. The first-order chi connectivity index (χ1) is 14.3. The fourth-order valence-electron chi connectivity index (χ4n) is 3.02. The molecule has 0 saturated carbocycles. The van der Waals surface area contributed by atoms with Crippen LogP contribution in [-0.4, -0.2) is 11.9 Å². The van der Waals surface area contributed by atoms with E-state index in [-0.39, 0.29) is 0 Å². The van der Waals surface area contributed by atoms with Crippen molar-refractivity contribution in [2.24, 2.45) is 0 Å². The van der Waals surface area contributed by atoms with Crippen LogP contribution in [-0.2, 0) is 9.59 Å². The first kappa shape index (κ1) is 22.9. The molecule has 0 fully saturated rings. The summed E-state index contributed by atoms with van der Waals surface area (Å²) in [5, 5.41) is 0. The van der Waals surface area contributed by atoms with E-state index in [0.29, 0.717) is 22.6 Å². The Bertz CT molecular complexity index is 895. The maximum atomic E-state index is 11.7. The summed E-state index contributed by atoms with van der Waals surface area (Å²) in [6, 6.07) is 15.0. The van der Waals surface area contributed by atoms with E-state index >= 15 is 0 Å². The third-order valence-electron chi connectivity index (χ3n) is 4.59. The van der Waals surface area contributed by atoms with Crippen molar-refractivity contribution in [2.45, 2.75) is 40.5 Å². The van der Waals surface area contributed by atoms with Gasteiger partial charge in [-0.1, -0.05) is 51.3 Å². The van der Waals surface area contributed by atoms with Gasteiger partial charge >= 0.3 is 11.9 Å². The number of rotatable bonds is 8. The molecule has 0 unspecified atom stereocenters. The number of allylic oxidation sites excluding steroid dienone is 2. The Morgan fingerprint density at radius 2 is 0.967 bits per heavy atom. The minimum Gasteiger partial charge on any atom is -0.423 e. The minimum atomic E-state index is -0.435. The first-order valence-electron chi connectivity index (χ1n) is 9.95. The summed E-state index contributed by atoms with van der Waals surface area (Å²) in [6.45, 7) is 14.7. The lowest BCUT2D eigenvalue weighted by atomic mass is 9.91. The van der Waals surface area contributed by atoms with Gasteiger partial charge in [0, 0.05) is 11.1 Å². The number of hydrogen-bond acceptors (Lipinski definition) is 4. The van der Waals surface area contributed by atoms with Gasteiger partial charge in [-0.15, -0.1) is 0 Å². The lowest BCUT2D eigenvalue weighted by Crippen LogP contribution is -2.08. The van der Waals surface area contributed by atoms with Gasteiger partial charge in [0.25, 0.3) is 0 Å². The second kappa shape index (κ2) is 10.4. The molecule has 156 valence electrons. The molecule has 0 aliphatic heterocycles. The van der Waals surface area contributed by atoms with Crippen molar-refractivity contribution in [1.29, 1.82) is 0 Å². The van der Waals surface area contributed by atoms with Gasteiger partial charge in [-0.25, -0.2) is 9.59 Å². The van der Waals surface area contributed by atoms with E-state index in [0.717, 1.165) is 24.0 Å². The topological polar surface area (TPSA) is 52.6 Å². The number of carbonyl (C=O) groups is 2. The van der Waals surface area contributed by atoms with Crippen LogP contribution in [0.5, 0.6) is 11.5 Å². The average molecular weight is 405 g/mol. The van der Waals surface area contributed by atoms with Gasteiger partial charge in [-0.2, -0.15) is 0 Å². The van der Waals surface area contributed by atoms with E-state index in [1.165, 1.54) is 11.1 Å². The zero-order chi connectivity index (χ0) is 22.3. The quantitative estimate of drug-likeness (QED) is 0.222. The highest BCUT2D eigenvalue weighted by atomic mass is 16.5. The molecule has 0 radical (unpaired) electrons. The van der Waals surface area contributed by atoms with E-state index in [4.69, 9.17) is 9.47 Å². The van der Waals surface area contributed by atoms with Crippen LogP contribution in [0.2, 0.25) is 0 Å². The lowest BCUT2D eigenvalue weighted by molar-refractivity contribution is -0.130. The smallest absolute Gasteiger partial charge is 0.338 e. The van der Waals surface area contributed by atoms with Gasteiger partial charge in [0.15, 0.2) is 0 Å². The van der Waals surface area contributed by atoms with E-state index in [2.05, 4.69) is 27.0 Å². The molecule has 0 atom stereocenters. The Hall–Kier alpha value is -3.40. The van der Waals surface area contributed by atoms with Crippen molar-refractivity contribution in [3.05, 3.63) is 84.0 Å². The third kappa shape index (κ3) is 5.80. The molecule has 0 heterocycles. The average Bonchev–Trinajstić information content (AvgIpc) is 2.73. The van der Waals surface area contributed by atoms with Gasteiger partial charge in [-0.05, 0) is 73.2 Å². The molecular formula is C26H28O4. The van der Waals surface area contributed by atoms with Crippen LogP contribution in [0.15, 0.2) is 72.8 Å². The maximum absolute atomic E-state index is 11.7. The Labute approximate surface area is 178 Å². The maximum Gasteiger partial charge on any atom is 0.338 e. The minimum absolute atomic E-state index is 0.360. The van der Waals surface area contributed by atoms with Crippen LogP contribution < -0.4 is 9.47 Å². The molecule has 0 spiro atoms. The molecule has 0 saturated heterocycles. The molecule has 2 aromatic rings. The molecule has 0 N–H and O–H groups in total. The second-order valence-electron chi connectivity index (χ2n) is 7.05. The van der Waals surface area contributed by atoms with Gasteiger partial charge < -0.3 is 9.47 Å². The monoisotopic (exact) mass is 404 g/mol. The standard InChI is InChI=1S/C26H28O4/c1-7-23(19-9-13-21(14-10-19)29-25(27)17(3)4)24(8-2)20-11-15-22(16-12-20)30-26(28)18(5)6/h9-16H,3,5,7-8H2,1-2,4,6H3. The number of ether oxygens (including phenoxy) is 2. The number of hydrogen-bond donors (Lipinski definition) is 0. The molecule has 30 heavy (non-hydrogen) atoms. The zero-order valence-corrected chi connectivity index (χ0v) is 18.1. The fraction of sp³-hybridized carbons (Fsp3) is 0.231. The van der Waals surface area contributed by atoms with Crippen molar-refractivity contribution in [3.63, 3.8) is 0 Å². The van der Waals surface area contributed by atoms with Crippen molar-refractivity contribution < 1.29 is 19.1 Å². The van der Waals surface area contributed by atoms with Crippen molar-refractivity contribution >= 4 is 23.1 Å². The van der Waals surface area contributed by atoms with E-state index in [1.807, 2.05) is 24.3 Å². The predicted molar refractivity (Wildman–Crippen MR) is 121 cm³/mol. The van der Waals surface area contributed by atoms with Gasteiger partial charge in [0.2, 0.25) is 0 Å². The summed E-state index contributed by atoms with van der Waals surface area (Å²) in [6.07, 6.45) is 1.70. The highest BCUT2D eigenvalue weighted by Crippen LogP contribution is 2.33. The van der Waals surface area contributed by atoms with Crippen molar-refractivity contribution in [2.75, 3.05) is 0 Å². The molecule has 0 bridgehead atoms. The van der Waals surface area contributed by atoms with Crippen LogP contribution in [0, 0.1) is 0 Å². The highest BCUT2D eigenvalue weighted by Gasteiger charge is 2.12. The summed E-state index contributed by atoms with van der Waals surface area (Å²) in [4.78, 5) is 23.4. The summed E-state index contributed by atoms with van der Waals surface area (Å²) < 4.78 is 10.6. The normalized spacial score (nSPS) is 11.3. The molecule has 2 aromatic carbocycles. The molecular weight excluding hydrogens is 376 g/mol. The first-order valence-corrected chi connectivity index (χ1v) is 9.95. The molecule has 4 nitrogen and oxygen atoms in total. The second-order valence-corrected chi connectivity index (χ2v) is 7.05. The van der Waals surface area contributed by atoms with Crippen LogP contribution in [0.4, 0.5) is 0 Å². The fourth-order valence-corrected chi connectivity index (χ4v) is 3.02. The SMILES string of the molecule is C=C(C)C(=O)Oc1ccc(C(CC)=C(CC)c2ccc(OC(=O)C(=C)C)cc2)cc1.